The van der Waals surface area contributed by atoms with Gasteiger partial charge in [0.05, 0.1) is 31.5 Å². The molecular formula is C26H36N4O6S. The molecule has 0 saturated carbocycles. The molecule has 2 aromatic carbocycles. The first-order valence-corrected chi connectivity index (χ1v) is 13.7. The van der Waals surface area contributed by atoms with Gasteiger partial charge in [0.15, 0.2) is 0 Å². The average molecular weight is 533 g/mol. The Balaban J connectivity index is 1.94. The molecule has 6 N–H and O–H groups in total. The molecule has 0 aliphatic carbocycles. The summed E-state index contributed by atoms with van der Waals surface area (Å²) < 4.78 is 11.6. The highest BCUT2D eigenvalue weighted by Crippen LogP contribution is 2.11. The molecule has 0 bridgehead atoms. The molecule has 0 aliphatic rings. The van der Waals surface area contributed by atoms with Crippen LogP contribution in [0.3, 0.4) is 0 Å². The SMILES string of the molecule is CN[C@@H](Cc1ccc(O)cc1)C(=O)N[C@H](CC[S+](C)[O-])C(=O)NCC(=O)N[C@H](CO)Cc1ccccc1. The van der Waals surface area contributed by atoms with Gasteiger partial charge in [-0.2, -0.15) is 0 Å². The molecule has 0 spiro atoms. The lowest BCUT2D eigenvalue weighted by Gasteiger charge is -2.23. The smallest absolute Gasteiger partial charge is 0.243 e. The molecule has 3 amide bonds. The summed E-state index contributed by atoms with van der Waals surface area (Å²) in [6.07, 6.45) is 2.39. The van der Waals surface area contributed by atoms with Crippen LogP contribution in [-0.4, -0.2) is 82.8 Å². The van der Waals surface area contributed by atoms with Crippen LogP contribution in [0.5, 0.6) is 5.75 Å². The highest BCUT2D eigenvalue weighted by molar-refractivity contribution is 7.90. The third kappa shape index (κ3) is 11.2. The molecule has 0 radical (unpaired) electrons. The van der Waals surface area contributed by atoms with E-state index in [0.29, 0.717) is 12.8 Å². The van der Waals surface area contributed by atoms with Gasteiger partial charge in [0.25, 0.3) is 0 Å². The van der Waals surface area contributed by atoms with E-state index in [1.165, 1.54) is 18.4 Å². The zero-order chi connectivity index (χ0) is 27.2. The third-order valence-corrected chi connectivity index (χ3v) is 6.51. The number of aliphatic hydroxyl groups excluding tert-OH is 1. The van der Waals surface area contributed by atoms with Gasteiger partial charge in [-0.3, -0.25) is 14.4 Å². The predicted molar refractivity (Wildman–Crippen MR) is 142 cm³/mol. The van der Waals surface area contributed by atoms with Crippen LogP contribution in [0.4, 0.5) is 0 Å². The number of phenolic OH excluding ortho intramolecular Hbond substituents is 1. The van der Waals surface area contributed by atoms with E-state index in [-0.39, 0.29) is 31.1 Å². The van der Waals surface area contributed by atoms with Gasteiger partial charge < -0.3 is 36.0 Å². The van der Waals surface area contributed by atoms with E-state index < -0.39 is 47.0 Å². The first kappa shape index (κ1) is 30.1. The fourth-order valence-electron chi connectivity index (χ4n) is 3.65. The predicted octanol–water partition coefficient (Wildman–Crippen LogP) is -0.388. The first-order valence-electron chi connectivity index (χ1n) is 12.0. The van der Waals surface area contributed by atoms with Crippen LogP contribution in [0.1, 0.15) is 17.5 Å². The van der Waals surface area contributed by atoms with Gasteiger partial charge in [-0.15, -0.1) is 0 Å². The molecule has 2 rings (SSSR count). The number of aromatic hydroxyl groups is 1. The van der Waals surface area contributed by atoms with Crippen molar-refractivity contribution in [1.29, 1.82) is 0 Å². The second-order valence-corrected chi connectivity index (χ2v) is 10.2. The lowest BCUT2D eigenvalue weighted by atomic mass is 10.0. The first-order chi connectivity index (χ1) is 17.7. The van der Waals surface area contributed by atoms with Crippen molar-refractivity contribution in [2.45, 2.75) is 37.4 Å². The van der Waals surface area contributed by atoms with E-state index in [0.717, 1.165) is 11.1 Å². The van der Waals surface area contributed by atoms with Crippen molar-refractivity contribution < 1.29 is 29.1 Å². The summed E-state index contributed by atoms with van der Waals surface area (Å²) in [5.74, 6) is -1.17. The van der Waals surface area contributed by atoms with Gasteiger partial charge >= 0.3 is 0 Å². The monoisotopic (exact) mass is 532 g/mol. The number of hydrogen-bond donors (Lipinski definition) is 6. The largest absolute Gasteiger partial charge is 0.617 e. The van der Waals surface area contributed by atoms with Crippen LogP contribution in [-0.2, 0) is 38.4 Å². The van der Waals surface area contributed by atoms with Gasteiger partial charge in [-0.25, -0.2) is 0 Å². The van der Waals surface area contributed by atoms with Crippen molar-refractivity contribution in [3.8, 4) is 5.75 Å². The Labute approximate surface area is 220 Å². The number of amides is 3. The number of phenols is 1. The van der Waals surface area contributed by atoms with Gasteiger partial charge in [-0.1, -0.05) is 53.6 Å². The topological polar surface area (TPSA) is 163 Å². The summed E-state index contributed by atoms with van der Waals surface area (Å²) in [7, 11) is 1.62. The van der Waals surface area contributed by atoms with Crippen LogP contribution < -0.4 is 21.3 Å². The van der Waals surface area contributed by atoms with Crippen LogP contribution in [0.2, 0.25) is 0 Å². The number of hydrogen-bond acceptors (Lipinski definition) is 7. The Morgan fingerprint density at radius 1 is 0.919 bits per heavy atom. The van der Waals surface area contributed by atoms with Crippen molar-refractivity contribution in [1.82, 2.24) is 21.3 Å². The number of benzene rings is 2. The van der Waals surface area contributed by atoms with Crippen molar-refractivity contribution >= 4 is 28.9 Å². The van der Waals surface area contributed by atoms with E-state index in [9.17, 15) is 29.1 Å². The Morgan fingerprint density at radius 3 is 2.16 bits per heavy atom. The lowest BCUT2D eigenvalue weighted by Crippen LogP contribution is -2.54. The van der Waals surface area contributed by atoms with Crippen LogP contribution in [0, 0.1) is 0 Å². The molecule has 4 atom stereocenters. The zero-order valence-corrected chi connectivity index (χ0v) is 21.9. The molecule has 2 aromatic rings. The van der Waals surface area contributed by atoms with Crippen molar-refractivity contribution in [2.24, 2.45) is 0 Å². The molecule has 0 aromatic heterocycles. The van der Waals surface area contributed by atoms with E-state index in [1.54, 1.807) is 19.2 Å². The molecule has 0 aliphatic heterocycles. The quantitative estimate of drug-likeness (QED) is 0.170. The average Bonchev–Trinajstić information content (AvgIpc) is 2.89. The lowest BCUT2D eigenvalue weighted by molar-refractivity contribution is -0.131. The minimum absolute atomic E-state index is 0.118. The molecule has 1 unspecified atom stereocenters. The Hall–Kier alpha value is -3.12. The van der Waals surface area contributed by atoms with E-state index >= 15 is 0 Å². The molecule has 37 heavy (non-hydrogen) atoms. The molecule has 202 valence electrons. The van der Waals surface area contributed by atoms with E-state index in [1.807, 2.05) is 30.3 Å². The Kier molecular flexibility index (Phi) is 12.9. The molecular weight excluding hydrogens is 496 g/mol. The van der Waals surface area contributed by atoms with Crippen LogP contribution in [0.25, 0.3) is 0 Å². The standard InChI is InChI=1S/C26H36N4O6S/c1-27-23(15-19-8-10-21(32)11-9-19)26(35)30-22(12-13-37(2)36)25(34)28-16-24(33)29-20(17-31)14-18-6-4-3-5-7-18/h3-11,20,22-23,27,31-32H,12-17H2,1-2H3,(H,28,34)(H,29,33)(H,30,35)/t20-,22+,23-,37?/m0/s1. The van der Waals surface area contributed by atoms with E-state index in [2.05, 4.69) is 21.3 Å². The molecule has 0 heterocycles. The fourth-order valence-corrected chi connectivity index (χ4v) is 4.22. The highest BCUT2D eigenvalue weighted by Gasteiger charge is 2.26. The molecule has 10 nitrogen and oxygen atoms in total. The maximum atomic E-state index is 12.9. The third-order valence-electron chi connectivity index (χ3n) is 5.70. The van der Waals surface area contributed by atoms with Crippen LogP contribution >= 0.6 is 0 Å². The second kappa shape index (κ2) is 15.9. The number of likely N-dealkylation sites (N-methyl/N-ethyl adjacent to an activating group) is 1. The maximum absolute atomic E-state index is 12.9. The minimum atomic E-state index is -1.18. The summed E-state index contributed by atoms with van der Waals surface area (Å²) in [6.45, 7) is -0.601. The Bertz CT molecular complexity index is 990. The maximum Gasteiger partial charge on any atom is 0.243 e. The van der Waals surface area contributed by atoms with Crippen molar-refractivity contribution in [3.05, 3.63) is 65.7 Å². The molecule has 11 heteroatoms. The summed E-state index contributed by atoms with van der Waals surface area (Å²) in [5, 5.41) is 29.9. The zero-order valence-electron chi connectivity index (χ0n) is 21.1. The second-order valence-electron chi connectivity index (χ2n) is 8.69. The molecule has 0 fully saturated rings. The molecule has 0 saturated heterocycles. The summed E-state index contributed by atoms with van der Waals surface area (Å²) in [5.41, 5.74) is 1.76. The van der Waals surface area contributed by atoms with Crippen molar-refractivity contribution in [2.75, 3.05) is 32.2 Å². The van der Waals surface area contributed by atoms with E-state index in [4.69, 9.17) is 0 Å². The van der Waals surface area contributed by atoms with Crippen LogP contribution in [0.15, 0.2) is 54.6 Å². The highest BCUT2D eigenvalue weighted by atomic mass is 32.2. The van der Waals surface area contributed by atoms with Gasteiger partial charge in [0.2, 0.25) is 17.7 Å². The van der Waals surface area contributed by atoms with Gasteiger partial charge in [-0.05, 0) is 43.1 Å². The van der Waals surface area contributed by atoms with Gasteiger partial charge in [0.1, 0.15) is 17.5 Å². The number of carbonyl (C=O) groups is 3. The number of rotatable bonds is 15. The summed E-state index contributed by atoms with van der Waals surface area (Å²) in [6, 6.07) is 13.7. The fraction of sp³-hybridized carbons (Fsp3) is 0.423. The number of nitrogens with one attached hydrogen (secondary N) is 4. The Morgan fingerprint density at radius 2 is 1.57 bits per heavy atom. The number of carbonyl (C=O) groups excluding carboxylic acids is 3. The van der Waals surface area contributed by atoms with Crippen molar-refractivity contribution in [3.63, 3.8) is 0 Å². The summed E-state index contributed by atoms with van der Waals surface area (Å²) in [4.78, 5) is 38.2. The van der Waals surface area contributed by atoms with Gasteiger partial charge in [0, 0.05) is 6.42 Å². The number of aliphatic hydroxyl groups is 1. The summed E-state index contributed by atoms with van der Waals surface area (Å²) >= 11 is -1.18. The minimum Gasteiger partial charge on any atom is -0.617 e. The normalized spacial score (nSPS) is 14.2.